The van der Waals surface area contributed by atoms with Crippen LogP contribution in [-0.4, -0.2) is 55.5 Å². The molecule has 8 heteroatoms. The number of carboxylic acids is 1. The van der Waals surface area contributed by atoms with E-state index in [9.17, 15) is 14.4 Å². The number of carboxylic acid groups (broad SMARTS) is 1. The van der Waals surface area contributed by atoms with Crippen molar-refractivity contribution in [2.75, 3.05) is 26.3 Å². The van der Waals surface area contributed by atoms with E-state index >= 15 is 0 Å². The van der Waals surface area contributed by atoms with Gasteiger partial charge in [-0.1, -0.05) is 48.5 Å². The van der Waals surface area contributed by atoms with Gasteiger partial charge in [-0.2, -0.15) is 0 Å². The fourth-order valence-electron chi connectivity index (χ4n) is 4.54. The van der Waals surface area contributed by atoms with Crippen LogP contribution in [0.2, 0.25) is 0 Å². The van der Waals surface area contributed by atoms with Gasteiger partial charge in [0.05, 0.1) is 17.9 Å². The van der Waals surface area contributed by atoms with Crippen LogP contribution in [0.4, 0.5) is 4.79 Å². The Bertz CT molecular complexity index is 1020. The van der Waals surface area contributed by atoms with E-state index in [0.717, 1.165) is 22.3 Å². The molecule has 1 atom stereocenters. The molecule has 0 aliphatic heterocycles. The van der Waals surface area contributed by atoms with Crippen molar-refractivity contribution < 1.29 is 29.0 Å². The van der Waals surface area contributed by atoms with Gasteiger partial charge in [0, 0.05) is 25.6 Å². The van der Waals surface area contributed by atoms with Crippen molar-refractivity contribution in [2.24, 2.45) is 5.41 Å². The van der Waals surface area contributed by atoms with Gasteiger partial charge < -0.3 is 25.2 Å². The van der Waals surface area contributed by atoms with Crippen molar-refractivity contribution in [3.05, 3.63) is 59.7 Å². The van der Waals surface area contributed by atoms with E-state index in [1.807, 2.05) is 24.3 Å². The number of fused-ring (bicyclic) bond motifs is 3. The largest absolute Gasteiger partial charge is 0.481 e. The molecule has 0 spiro atoms. The molecule has 3 N–H and O–H groups in total. The van der Waals surface area contributed by atoms with Gasteiger partial charge in [-0.3, -0.25) is 9.59 Å². The SMILES string of the molecule is CCOC(CNC(=O)C1(CNC(=O)OCC2c3ccccc3-c3ccccc32)CC1)CC(=O)O. The molecule has 1 unspecified atom stereocenters. The summed E-state index contributed by atoms with van der Waals surface area (Å²) < 4.78 is 10.9. The Hall–Kier alpha value is -3.39. The number of carbonyl (C=O) groups is 3. The van der Waals surface area contributed by atoms with Crippen LogP contribution in [0.5, 0.6) is 0 Å². The third-order valence-electron chi connectivity index (χ3n) is 6.54. The average molecular weight is 467 g/mol. The maximum Gasteiger partial charge on any atom is 0.407 e. The van der Waals surface area contributed by atoms with Crippen LogP contribution in [0.3, 0.4) is 0 Å². The predicted octanol–water partition coefficient (Wildman–Crippen LogP) is 3.30. The number of benzene rings is 2. The first-order chi connectivity index (χ1) is 16.4. The number of ether oxygens (including phenoxy) is 2. The number of amides is 2. The van der Waals surface area contributed by atoms with Gasteiger partial charge in [0.25, 0.3) is 0 Å². The molecule has 180 valence electrons. The first-order valence-electron chi connectivity index (χ1n) is 11.6. The molecule has 2 amide bonds. The number of hydrogen-bond donors (Lipinski definition) is 3. The van der Waals surface area contributed by atoms with E-state index in [2.05, 4.69) is 34.9 Å². The summed E-state index contributed by atoms with van der Waals surface area (Å²) in [6.45, 7) is 2.64. The van der Waals surface area contributed by atoms with Crippen molar-refractivity contribution in [3.8, 4) is 11.1 Å². The molecule has 4 rings (SSSR count). The molecule has 0 aromatic heterocycles. The van der Waals surface area contributed by atoms with Crippen LogP contribution in [0, 0.1) is 5.41 Å². The van der Waals surface area contributed by atoms with Gasteiger partial charge in [0.1, 0.15) is 6.61 Å². The Morgan fingerprint density at radius 1 is 1.03 bits per heavy atom. The molecule has 8 nitrogen and oxygen atoms in total. The highest BCUT2D eigenvalue weighted by atomic mass is 16.5. The average Bonchev–Trinajstić information content (AvgIpc) is 3.56. The highest BCUT2D eigenvalue weighted by molar-refractivity contribution is 5.86. The van der Waals surface area contributed by atoms with E-state index < -0.39 is 23.6 Å². The van der Waals surface area contributed by atoms with Crippen LogP contribution in [0.15, 0.2) is 48.5 Å². The summed E-state index contributed by atoms with van der Waals surface area (Å²) in [4.78, 5) is 36.1. The van der Waals surface area contributed by atoms with Crippen LogP contribution >= 0.6 is 0 Å². The van der Waals surface area contributed by atoms with Gasteiger partial charge in [0.15, 0.2) is 0 Å². The minimum Gasteiger partial charge on any atom is -0.481 e. The normalized spacial score (nSPS) is 16.1. The van der Waals surface area contributed by atoms with Crippen LogP contribution in [0.1, 0.15) is 43.2 Å². The number of carbonyl (C=O) groups excluding carboxylic acids is 2. The summed E-state index contributed by atoms with van der Waals surface area (Å²) in [5, 5.41) is 14.5. The van der Waals surface area contributed by atoms with Crippen molar-refractivity contribution in [2.45, 2.75) is 38.2 Å². The van der Waals surface area contributed by atoms with Crippen molar-refractivity contribution in [1.29, 1.82) is 0 Å². The minimum absolute atomic E-state index is 0.0268. The van der Waals surface area contributed by atoms with E-state index in [1.165, 1.54) is 0 Å². The maximum atomic E-state index is 12.7. The molecule has 2 aromatic rings. The second kappa shape index (κ2) is 10.3. The molecular weight excluding hydrogens is 436 g/mol. The number of aliphatic carboxylic acids is 1. The minimum atomic E-state index is -0.981. The van der Waals surface area contributed by atoms with E-state index in [4.69, 9.17) is 14.6 Å². The van der Waals surface area contributed by atoms with Crippen molar-refractivity contribution in [1.82, 2.24) is 10.6 Å². The summed E-state index contributed by atoms with van der Waals surface area (Å²) in [7, 11) is 0. The molecule has 34 heavy (non-hydrogen) atoms. The van der Waals surface area contributed by atoms with Gasteiger partial charge >= 0.3 is 12.1 Å². The highest BCUT2D eigenvalue weighted by Crippen LogP contribution is 2.46. The Kier molecular flexibility index (Phi) is 7.17. The summed E-state index contributed by atoms with van der Waals surface area (Å²) in [6, 6.07) is 16.3. The molecule has 1 fully saturated rings. The monoisotopic (exact) mass is 466 g/mol. The zero-order valence-electron chi connectivity index (χ0n) is 19.2. The third-order valence-corrected chi connectivity index (χ3v) is 6.54. The number of alkyl carbamates (subject to hydrolysis) is 1. The number of hydrogen-bond acceptors (Lipinski definition) is 5. The predicted molar refractivity (Wildman–Crippen MR) is 125 cm³/mol. The molecule has 2 aromatic carbocycles. The first-order valence-corrected chi connectivity index (χ1v) is 11.6. The highest BCUT2D eigenvalue weighted by Gasteiger charge is 2.50. The molecule has 2 aliphatic carbocycles. The lowest BCUT2D eigenvalue weighted by Gasteiger charge is -2.20. The Labute approximate surface area is 198 Å². The molecule has 1 saturated carbocycles. The summed E-state index contributed by atoms with van der Waals surface area (Å²) in [5.41, 5.74) is 3.92. The Balaban J connectivity index is 1.27. The topological polar surface area (TPSA) is 114 Å². The fourth-order valence-corrected chi connectivity index (χ4v) is 4.54. The summed E-state index contributed by atoms with van der Waals surface area (Å²) >= 11 is 0. The smallest absolute Gasteiger partial charge is 0.407 e. The summed E-state index contributed by atoms with van der Waals surface area (Å²) in [5.74, 6) is -1.21. The second-order valence-electron chi connectivity index (χ2n) is 8.84. The standard InChI is InChI=1S/C26H30N2O6/c1-2-33-17(13-23(29)30)14-27-24(31)26(11-12-26)16-28-25(32)34-15-22-20-9-5-3-7-18(20)19-8-4-6-10-21(19)22/h3-10,17,22H,2,11-16H2,1H3,(H,27,31)(H,28,32)(H,29,30). The quantitative estimate of drug-likeness (QED) is 0.468. The van der Waals surface area contributed by atoms with Crippen molar-refractivity contribution >= 4 is 18.0 Å². The lowest BCUT2D eigenvalue weighted by Crippen LogP contribution is -2.43. The lowest BCUT2D eigenvalue weighted by atomic mass is 9.98. The third kappa shape index (κ3) is 5.22. The number of rotatable bonds is 11. The molecule has 0 saturated heterocycles. The zero-order chi connectivity index (χ0) is 24.1. The summed E-state index contributed by atoms with van der Waals surface area (Å²) in [6.07, 6.45) is -0.0167. The van der Waals surface area contributed by atoms with E-state index in [-0.39, 0.29) is 37.9 Å². The molecule has 0 bridgehead atoms. The van der Waals surface area contributed by atoms with Crippen LogP contribution in [0.25, 0.3) is 11.1 Å². The van der Waals surface area contributed by atoms with E-state index in [1.54, 1.807) is 6.92 Å². The van der Waals surface area contributed by atoms with Gasteiger partial charge in [0.2, 0.25) is 5.91 Å². The zero-order valence-corrected chi connectivity index (χ0v) is 19.2. The van der Waals surface area contributed by atoms with Crippen LogP contribution < -0.4 is 10.6 Å². The van der Waals surface area contributed by atoms with Gasteiger partial charge in [-0.05, 0) is 42.0 Å². The molecule has 0 heterocycles. The van der Waals surface area contributed by atoms with Gasteiger partial charge in [-0.15, -0.1) is 0 Å². The first kappa shape index (κ1) is 23.8. The second-order valence-corrected chi connectivity index (χ2v) is 8.84. The molecule has 2 aliphatic rings. The Morgan fingerprint density at radius 3 is 2.21 bits per heavy atom. The molecular formula is C26H30N2O6. The van der Waals surface area contributed by atoms with Crippen LogP contribution in [-0.2, 0) is 19.1 Å². The Morgan fingerprint density at radius 2 is 1.65 bits per heavy atom. The van der Waals surface area contributed by atoms with E-state index in [0.29, 0.717) is 19.4 Å². The lowest BCUT2D eigenvalue weighted by molar-refractivity contribution is -0.140. The molecule has 0 radical (unpaired) electrons. The van der Waals surface area contributed by atoms with Gasteiger partial charge in [-0.25, -0.2) is 4.79 Å². The fraction of sp³-hybridized carbons (Fsp3) is 0.423. The number of nitrogens with one attached hydrogen (secondary N) is 2. The van der Waals surface area contributed by atoms with Crippen molar-refractivity contribution in [3.63, 3.8) is 0 Å². The maximum absolute atomic E-state index is 12.7.